The number of carbonyl (C=O) groups is 2. The minimum Gasteiger partial charge on any atom is -0.480 e. The first-order valence-electron chi connectivity index (χ1n) is 6.53. The molecule has 2 rings (SSSR count). The normalized spacial score (nSPS) is 36.7. The molecule has 3 atom stereocenters. The lowest BCUT2D eigenvalue weighted by Gasteiger charge is -2.33. The maximum atomic E-state index is 12.3. The maximum Gasteiger partial charge on any atom is 0.326 e. The number of aliphatic carboxylic acids is 1. The van der Waals surface area contributed by atoms with Gasteiger partial charge in [-0.15, -0.1) is 0 Å². The highest BCUT2D eigenvalue weighted by molar-refractivity contribution is 5.87. The van der Waals surface area contributed by atoms with Crippen molar-refractivity contribution in [3.63, 3.8) is 0 Å². The number of likely N-dealkylation sites (tertiary alicyclic amines) is 1. The Morgan fingerprint density at radius 3 is 2.65 bits per heavy atom. The zero-order valence-corrected chi connectivity index (χ0v) is 10.6. The second-order valence-electron chi connectivity index (χ2n) is 5.65. The molecule has 4 heteroatoms. The fourth-order valence-electron chi connectivity index (χ4n) is 2.84. The van der Waals surface area contributed by atoms with E-state index < -0.39 is 12.0 Å². The molecule has 0 radical (unpaired) electrons. The predicted molar refractivity (Wildman–Crippen MR) is 63.5 cm³/mol. The van der Waals surface area contributed by atoms with Crippen molar-refractivity contribution in [2.75, 3.05) is 6.54 Å². The fraction of sp³-hybridized carbons (Fsp3) is 0.846. The molecule has 96 valence electrons. The third-order valence-corrected chi connectivity index (χ3v) is 4.53. The quantitative estimate of drug-likeness (QED) is 0.818. The van der Waals surface area contributed by atoms with E-state index in [-0.39, 0.29) is 17.2 Å². The van der Waals surface area contributed by atoms with Crippen LogP contribution < -0.4 is 0 Å². The van der Waals surface area contributed by atoms with Crippen molar-refractivity contribution in [2.45, 2.75) is 52.0 Å². The second kappa shape index (κ2) is 4.31. The Hall–Kier alpha value is -1.06. The van der Waals surface area contributed by atoms with Gasteiger partial charge in [-0.2, -0.15) is 0 Å². The van der Waals surface area contributed by atoms with Crippen LogP contribution in [0.1, 0.15) is 46.0 Å². The molecule has 1 amide bonds. The summed E-state index contributed by atoms with van der Waals surface area (Å²) in [5.74, 6) is -0.717. The standard InChI is InChI=1S/C13H21NO3/c1-3-13(2)8-9(13)11(15)14-7-5-4-6-10(14)12(16)17/h9-10H,3-8H2,1-2H3,(H,16,17). The highest BCUT2D eigenvalue weighted by Crippen LogP contribution is 2.55. The largest absolute Gasteiger partial charge is 0.480 e. The Balaban J connectivity index is 2.05. The Bertz CT molecular complexity index is 342. The van der Waals surface area contributed by atoms with Gasteiger partial charge < -0.3 is 10.0 Å². The molecule has 1 heterocycles. The molecule has 17 heavy (non-hydrogen) atoms. The molecular formula is C13H21NO3. The molecule has 1 saturated heterocycles. The van der Waals surface area contributed by atoms with E-state index in [0.717, 1.165) is 25.7 Å². The van der Waals surface area contributed by atoms with Crippen molar-refractivity contribution >= 4 is 11.9 Å². The number of carbonyl (C=O) groups excluding carboxylic acids is 1. The van der Waals surface area contributed by atoms with Crippen molar-refractivity contribution in [3.8, 4) is 0 Å². The maximum absolute atomic E-state index is 12.3. The van der Waals surface area contributed by atoms with Crippen LogP contribution in [0.2, 0.25) is 0 Å². The molecule has 0 spiro atoms. The first kappa shape index (κ1) is 12.4. The number of hydrogen-bond acceptors (Lipinski definition) is 2. The SMILES string of the molecule is CCC1(C)CC1C(=O)N1CCCCC1C(=O)O. The van der Waals surface area contributed by atoms with Gasteiger partial charge in [0.05, 0.1) is 0 Å². The minimum absolute atomic E-state index is 0.0625. The van der Waals surface area contributed by atoms with Crippen LogP contribution in [0, 0.1) is 11.3 Å². The molecule has 0 aromatic carbocycles. The van der Waals surface area contributed by atoms with Crippen LogP contribution in [0.4, 0.5) is 0 Å². The van der Waals surface area contributed by atoms with E-state index in [4.69, 9.17) is 5.11 Å². The van der Waals surface area contributed by atoms with Crippen LogP contribution in [-0.2, 0) is 9.59 Å². The van der Waals surface area contributed by atoms with E-state index in [1.165, 1.54) is 0 Å². The van der Waals surface area contributed by atoms with Gasteiger partial charge in [0.25, 0.3) is 0 Å². The van der Waals surface area contributed by atoms with Gasteiger partial charge in [-0.25, -0.2) is 4.79 Å². The summed E-state index contributed by atoms with van der Waals surface area (Å²) in [6.45, 7) is 4.83. The van der Waals surface area contributed by atoms with E-state index in [1.54, 1.807) is 4.90 Å². The van der Waals surface area contributed by atoms with Crippen LogP contribution in [0.3, 0.4) is 0 Å². The smallest absolute Gasteiger partial charge is 0.326 e. The first-order chi connectivity index (χ1) is 7.99. The average molecular weight is 239 g/mol. The summed E-state index contributed by atoms with van der Waals surface area (Å²) >= 11 is 0. The van der Waals surface area contributed by atoms with Gasteiger partial charge in [0.2, 0.25) is 5.91 Å². The molecule has 0 aromatic heterocycles. The van der Waals surface area contributed by atoms with Gasteiger partial charge in [-0.1, -0.05) is 13.8 Å². The molecule has 2 aliphatic rings. The molecule has 3 unspecified atom stereocenters. The molecule has 0 bridgehead atoms. The van der Waals surface area contributed by atoms with Crippen LogP contribution in [-0.4, -0.2) is 34.5 Å². The van der Waals surface area contributed by atoms with E-state index in [1.807, 2.05) is 0 Å². The Labute approximate surface area is 102 Å². The molecule has 2 fully saturated rings. The Kier molecular flexibility index (Phi) is 3.15. The molecule has 1 saturated carbocycles. The number of nitrogens with zero attached hydrogens (tertiary/aromatic N) is 1. The van der Waals surface area contributed by atoms with Crippen molar-refractivity contribution in [2.24, 2.45) is 11.3 Å². The summed E-state index contributed by atoms with van der Waals surface area (Å²) in [6, 6.07) is -0.585. The van der Waals surface area contributed by atoms with Crippen LogP contribution in [0.15, 0.2) is 0 Å². The van der Waals surface area contributed by atoms with Crippen molar-refractivity contribution in [1.82, 2.24) is 4.90 Å². The number of carboxylic acids is 1. The van der Waals surface area contributed by atoms with Gasteiger partial charge in [0, 0.05) is 12.5 Å². The zero-order chi connectivity index (χ0) is 12.6. The lowest BCUT2D eigenvalue weighted by molar-refractivity contribution is -0.153. The molecule has 1 aliphatic heterocycles. The fourth-order valence-corrected chi connectivity index (χ4v) is 2.84. The third kappa shape index (κ3) is 2.17. The highest BCUT2D eigenvalue weighted by atomic mass is 16.4. The van der Waals surface area contributed by atoms with Crippen LogP contribution in [0.25, 0.3) is 0 Å². The van der Waals surface area contributed by atoms with Gasteiger partial charge in [-0.3, -0.25) is 4.79 Å². The lowest BCUT2D eigenvalue weighted by Crippen LogP contribution is -2.49. The zero-order valence-electron chi connectivity index (χ0n) is 10.6. The summed E-state index contributed by atoms with van der Waals surface area (Å²) < 4.78 is 0. The monoisotopic (exact) mass is 239 g/mol. The number of rotatable bonds is 3. The van der Waals surface area contributed by atoms with Crippen LogP contribution >= 0.6 is 0 Å². The van der Waals surface area contributed by atoms with Crippen molar-refractivity contribution in [1.29, 1.82) is 0 Å². The molecular weight excluding hydrogens is 218 g/mol. The van der Waals surface area contributed by atoms with E-state index in [9.17, 15) is 9.59 Å². The molecule has 1 N–H and O–H groups in total. The number of piperidine rings is 1. The minimum atomic E-state index is -0.850. The highest BCUT2D eigenvalue weighted by Gasteiger charge is 2.55. The molecule has 1 aliphatic carbocycles. The number of hydrogen-bond donors (Lipinski definition) is 1. The number of amides is 1. The Morgan fingerprint density at radius 2 is 2.12 bits per heavy atom. The lowest BCUT2D eigenvalue weighted by atomic mass is 9.99. The Morgan fingerprint density at radius 1 is 1.41 bits per heavy atom. The summed E-state index contributed by atoms with van der Waals surface area (Å²) in [5, 5.41) is 9.15. The summed E-state index contributed by atoms with van der Waals surface area (Å²) in [4.78, 5) is 25.1. The predicted octanol–water partition coefficient (Wildman–Crippen LogP) is 1.89. The van der Waals surface area contributed by atoms with Gasteiger partial charge in [-0.05, 0) is 37.5 Å². The second-order valence-corrected chi connectivity index (χ2v) is 5.65. The van der Waals surface area contributed by atoms with Crippen molar-refractivity contribution < 1.29 is 14.7 Å². The van der Waals surface area contributed by atoms with Gasteiger partial charge >= 0.3 is 5.97 Å². The van der Waals surface area contributed by atoms with Crippen molar-refractivity contribution in [3.05, 3.63) is 0 Å². The van der Waals surface area contributed by atoms with E-state index in [2.05, 4.69) is 13.8 Å². The molecule has 4 nitrogen and oxygen atoms in total. The summed E-state index contributed by atoms with van der Waals surface area (Å²) in [6.07, 6.45) is 4.37. The van der Waals surface area contributed by atoms with Gasteiger partial charge in [0.1, 0.15) is 6.04 Å². The number of carboxylic acid groups (broad SMARTS) is 1. The third-order valence-electron chi connectivity index (χ3n) is 4.53. The average Bonchev–Trinajstić information content (AvgIpc) is 3.01. The first-order valence-corrected chi connectivity index (χ1v) is 6.53. The topological polar surface area (TPSA) is 57.6 Å². The van der Waals surface area contributed by atoms with Crippen LogP contribution in [0.5, 0.6) is 0 Å². The molecule has 0 aromatic rings. The van der Waals surface area contributed by atoms with Gasteiger partial charge in [0.15, 0.2) is 0 Å². The van der Waals surface area contributed by atoms with E-state index in [0.29, 0.717) is 13.0 Å². The summed E-state index contributed by atoms with van der Waals surface area (Å²) in [7, 11) is 0. The van der Waals surface area contributed by atoms with E-state index >= 15 is 0 Å². The summed E-state index contributed by atoms with van der Waals surface area (Å²) in [5.41, 5.74) is 0.123.